The average molecular weight is 210 g/mol. The van der Waals surface area contributed by atoms with E-state index in [9.17, 15) is 4.79 Å². The van der Waals surface area contributed by atoms with Gasteiger partial charge < -0.3 is 4.74 Å². The lowest BCUT2D eigenvalue weighted by Crippen LogP contribution is -2.27. The van der Waals surface area contributed by atoms with Crippen molar-refractivity contribution in [3.8, 4) is 0 Å². The number of nitrogens with zero attached hydrogens (tertiary/aromatic N) is 2. The van der Waals surface area contributed by atoms with E-state index in [4.69, 9.17) is 4.74 Å². The van der Waals surface area contributed by atoms with Gasteiger partial charge in [0.15, 0.2) is 0 Å². The van der Waals surface area contributed by atoms with E-state index in [-0.39, 0.29) is 0 Å². The molecule has 1 aromatic heterocycles. The fourth-order valence-corrected chi connectivity index (χ4v) is 1.06. The second-order valence-corrected chi connectivity index (χ2v) is 4.82. The third kappa shape index (κ3) is 3.38. The normalized spacial score (nSPS) is 11.9. The Hall–Kier alpha value is -1.32. The number of rotatable bonds is 1. The van der Waals surface area contributed by atoms with Crippen LogP contribution in [0.1, 0.15) is 46.2 Å². The van der Waals surface area contributed by atoms with Crippen LogP contribution in [0.4, 0.5) is 4.79 Å². The van der Waals surface area contributed by atoms with Gasteiger partial charge in [0.2, 0.25) is 0 Å². The van der Waals surface area contributed by atoms with Crippen LogP contribution >= 0.6 is 0 Å². The minimum Gasteiger partial charge on any atom is -0.442 e. The third-order valence-electron chi connectivity index (χ3n) is 1.78. The zero-order chi connectivity index (χ0) is 11.6. The summed E-state index contributed by atoms with van der Waals surface area (Å²) in [5, 5.41) is 4.14. The largest absolute Gasteiger partial charge is 0.442 e. The molecule has 0 unspecified atom stereocenters. The maximum atomic E-state index is 11.6. The molecule has 15 heavy (non-hydrogen) atoms. The van der Waals surface area contributed by atoms with E-state index in [1.165, 1.54) is 4.68 Å². The molecule has 0 spiro atoms. The molecule has 1 rings (SSSR count). The lowest BCUT2D eigenvalue weighted by atomic mass is 10.1. The van der Waals surface area contributed by atoms with Crippen molar-refractivity contribution < 1.29 is 9.53 Å². The molecule has 0 atom stereocenters. The zero-order valence-electron chi connectivity index (χ0n) is 9.94. The number of hydrogen-bond donors (Lipinski definition) is 0. The van der Waals surface area contributed by atoms with Crippen LogP contribution in [-0.2, 0) is 4.74 Å². The van der Waals surface area contributed by atoms with E-state index in [1.807, 2.05) is 40.7 Å². The highest BCUT2D eigenvalue weighted by molar-refractivity contribution is 5.69. The molecule has 0 aliphatic carbocycles. The molecule has 4 nitrogen and oxygen atoms in total. The Labute approximate surface area is 90.2 Å². The molecule has 1 heterocycles. The highest BCUT2D eigenvalue weighted by atomic mass is 16.6. The van der Waals surface area contributed by atoms with Crippen LogP contribution in [-0.4, -0.2) is 21.5 Å². The molecular weight excluding hydrogens is 192 g/mol. The highest BCUT2D eigenvalue weighted by Crippen LogP contribution is 2.12. The molecular formula is C11H18N2O2. The number of carbonyl (C=O) groups is 1. The summed E-state index contributed by atoms with van der Waals surface area (Å²) >= 11 is 0. The number of hydrogen-bond acceptors (Lipinski definition) is 3. The van der Waals surface area contributed by atoms with Gasteiger partial charge in [-0.15, -0.1) is 0 Å². The van der Waals surface area contributed by atoms with Crippen molar-refractivity contribution in [1.29, 1.82) is 0 Å². The van der Waals surface area contributed by atoms with Crippen molar-refractivity contribution in [2.45, 2.75) is 46.1 Å². The Morgan fingerprint density at radius 2 is 2.07 bits per heavy atom. The SMILES string of the molecule is CC(C)c1ccn(C(=O)OC(C)(C)C)n1. The van der Waals surface area contributed by atoms with E-state index < -0.39 is 11.7 Å². The van der Waals surface area contributed by atoms with Gasteiger partial charge in [-0.25, -0.2) is 4.79 Å². The molecule has 0 radical (unpaired) electrons. The summed E-state index contributed by atoms with van der Waals surface area (Å²) in [5.41, 5.74) is 0.405. The van der Waals surface area contributed by atoms with Gasteiger partial charge in [-0.3, -0.25) is 0 Å². The predicted molar refractivity (Wildman–Crippen MR) is 57.9 cm³/mol. The van der Waals surface area contributed by atoms with Crippen molar-refractivity contribution in [2.75, 3.05) is 0 Å². The maximum absolute atomic E-state index is 11.6. The topological polar surface area (TPSA) is 44.1 Å². The first kappa shape index (κ1) is 11.8. The minimum atomic E-state index is -0.485. The smallest absolute Gasteiger partial charge is 0.435 e. The maximum Gasteiger partial charge on any atom is 0.435 e. The number of ether oxygens (including phenoxy) is 1. The van der Waals surface area contributed by atoms with Crippen molar-refractivity contribution in [3.05, 3.63) is 18.0 Å². The molecule has 1 aromatic rings. The molecule has 0 fully saturated rings. The van der Waals surface area contributed by atoms with Gasteiger partial charge in [0.25, 0.3) is 0 Å². The standard InChI is InChI=1S/C11H18N2O2/c1-8(2)9-6-7-13(12-9)10(14)15-11(3,4)5/h6-8H,1-5H3. The molecule has 4 heteroatoms. The van der Waals surface area contributed by atoms with E-state index in [0.717, 1.165) is 5.69 Å². The van der Waals surface area contributed by atoms with Gasteiger partial charge in [0.05, 0.1) is 5.69 Å². The number of aromatic nitrogens is 2. The van der Waals surface area contributed by atoms with E-state index in [2.05, 4.69) is 5.10 Å². The van der Waals surface area contributed by atoms with Crippen LogP contribution in [0, 0.1) is 0 Å². The molecule has 84 valence electrons. The van der Waals surface area contributed by atoms with E-state index in [1.54, 1.807) is 6.20 Å². The van der Waals surface area contributed by atoms with Crippen LogP contribution in [0.2, 0.25) is 0 Å². The predicted octanol–water partition coefficient (Wildman–Crippen LogP) is 2.79. The second-order valence-electron chi connectivity index (χ2n) is 4.82. The first-order chi connectivity index (χ1) is 6.79. The molecule has 0 saturated heterocycles. The van der Waals surface area contributed by atoms with Crippen molar-refractivity contribution in [3.63, 3.8) is 0 Å². The van der Waals surface area contributed by atoms with Crippen molar-refractivity contribution in [2.24, 2.45) is 0 Å². The van der Waals surface area contributed by atoms with Gasteiger partial charge in [-0.1, -0.05) is 13.8 Å². The highest BCUT2D eigenvalue weighted by Gasteiger charge is 2.18. The summed E-state index contributed by atoms with van der Waals surface area (Å²) in [5.74, 6) is 0.314. The summed E-state index contributed by atoms with van der Waals surface area (Å²) in [6.07, 6.45) is 1.19. The van der Waals surface area contributed by atoms with Gasteiger partial charge in [-0.2, -0.15) is 9.78 Å². The molecule has 0 aliphatic heterocycles. The first-order valence-electron chi connectivity index (χ1n) is 5.08. The fraction of sp³-hybridized carbons (Fsp3) is 0.636. The van der Waals surface area contributed by atoms with Crippen LogP contribution in [0.25, 0.3) is 0 Å². The lowest BCUT2D eigenvalue weighted by molar-refractivity contribution is 0.0514. The van der Waals surface area contributed by atoms with E-state index in [0.29, 0.717) is 5.92 Å². The quantitative estimate of drug-likeness (QED) is 0.716. The van der Waals surface area contributed by atoms with E-state index >= 15 is 0 Å². The molecule has 0 aliphatic rings. The lowest BCUT2D eigenvalue weighted by Gasteiger charge is -2.18. The Balaban J connectivity index is 2.75. The molecule has 0 amide bonds. The second kappa shape index (κ2) is 4.04. The van der Waals surface area contributed by atoms with Crippen LogP contribution < -0.4 is 0 Å². The minimum absolute atomic E-state index is 0.314. The van der Waals surface area contributed by atoms with Gasteiger partial charge in [0.1, 0.15) is 5.60 Å². The Morgan fingerprint density at radius 1 is 1.47 bits per heavy atom. The first-order valence-corrected chi connectivity index (χ1v) is 5.08. The Bertz CT molecular complexity index is 348. The van der Waals surface area contributed by atoms with Crippen LogP contribution in [0.15, 0.2) is 12.3 Å². The summed E-state index contributed by atoms with van der Waals surface area (Å²) in [7, 11) is 0. The fourth-order valence-electron chi connectivity index (χ4n) is 1.06. The molecule has 0 saturated carbocycles. The Kier molecular flexibility index (Phi) is 3.17. The Morgan fingerprint density at radius 3 is 2.47 bits per heavy atom. The number of carbonyl (C=O) groups excluding carboxylic acids is 1. The third-order valence-corrected chi connectivity index (χ3v) is 1.78. The summed E-state index contributed by atoms with van der Waals surface area (Å²) < 4.78 is 6.42. The van der Waals surface area contributed by atoms with Crippen LogP contribution in [0.3, 0.4) is 0 Å². The molecule has 0 aromatic carbocycles. The summed E-state index contributed by atoms with van der Waals surface area (Å²) in [6.45, 7) is 9.55. The average Bonchev–Trinajstić information content (AvgIpc) is 2.47. The molecule has 0 bridgehead atoms. The van der Waals surface area contributed by atoms with Crippen LogP contribution in [0.5, 0.6) is 0 Å². The van der Waals surface area contributed by atoms with Gasteiger partial charge in [0, 0.05) is 6.20 Å². The molecule has 0 N–H and O–H groups in total. The summed E-state index contributed by atoms with van der Waals surface area (Å²) in [4.78, 5) is 11.6. The van der Waals surface area contributed by atoms with Gasteiger partial charge >= 0.3 is 6.09 Å². The van der Waals surface area contributed by atoms with Crippen molar-refractivity contribution in [1.82, 2.24) is 9.78 Å². The zero-order valence-corrected chi connectivity index (χ0v) is 9.94. The van der Waals surface area contributed by atoms with Crippen molar-refractivity contribution >= 4 is 6.09 Å². The monoisotopic (exact) mass is 210 g/mol. The van der Waals surface area contributed by atoms with Gasteiger partial charge in [-0.05, 0) is 32.8 Å². The summed E-state index contributed by atoms with van der Waals surface area (Å²) in [6, 6.07) is 1.83.